The zero-order chi connectivity index (χ0) is 16.7. The molecule has 0 unspecified atom stereocenters. The number of anilines is 1. The SMILES string of the molecule is COc1nc(Cl)ccc1N.COc1nc(Cl)ccc1[N+](=O)[O-].[Fe]. The second-order valence-corrected chi connectivity index (χ2v) is 4.43. The van der Waals surface area contributed by atoms with Crippen LogP contribution in [0.2, 0.25) is 10.3 Å². The number of rotatable bonds is 3. The van der Waals surface area contributed by atoms with E-state index in [4.69, 9.17) is 33.7 Å². The van der Waals surface area contributed by atoms with Crippen molar-refractivity contribution in [3.05, 3.63) is 44.7 Å². The van der Waals surface area contributed by atoms with E-state index in [9.17, 15) is 10.1 Å². The maximum absolute atomic E-state index is 10.3. The normalized spacial score (nSPS) is 9.04. The zero-order valence-corrected chi connectivity index (χ0v) is 14.6. The number of ether oxygens (including phenoxy) is 2. The Kier molecular flexibility index (Phi) is 9.28. The molecule has 2 rings (SSSR count). The number of nitrogen functional groups attached to an aromatic ring is 1. The molecule has 0 saturated heterocycles. The summed E-state index contributed by atoms with van der Waals surface area (Å²) >= 11 is 11.0. The number of hydrogen-bond donors (Lipinski definition) is 1. The molecule has 2 heterocycles. The van der Waals surface area contributed by atoms with Gasteiger partial charge in [-0.2, -0.15) is 9.97 Å². The average Bonchev–Trinajstić information content (AvgIpc) is 2.49. The number of halogens is 2. The number of hydrogen-bond acceptors (Lipinski definition) is 7. The van der Waals surface area contributed by atoms with Gasteiger partial charge in [-0.3, -0.25) is 10.1 Å². The summed E-state index contributed by atoms with van der Waals surface area (Å²) in [4.78, 5) is 17.2. The van der Waals surface area contributed by atoms with E-state index in [1.54, 1.807) is 12.1 Å². The molecular weight excluding hydrogens is 391 g/mol. The first-order chi connectivity index (χ1) is 10.4. The number of aromatic nitrogens is 2. The smallest absolute Gasteiger partial charge is 0.331 e. The maximum Gasteiger partial charge on any atom is 0.331 e. The zero-order valence-electron chi connectivity index (χ0n) is 12.0. The molecular formula is C12H12Cl2FeN4O4. The Labute approximate surface area is 152 Å². The van der Waals surface area contributed by atoms with Crippen molar-refractivity contribution in [2.45, 2.75) is 0 Å². The predicted octanol–water partition coefficient (Wildman–Crippen LogP) is 2.98. The summed E-state index contributed by atoms with van der Waals surface area (Å²) in [5.41, 5.74) is 5.75. The fraction of sp³-hybridized carbons (Fsp3) is 0.167. The van der Waals surface area contributed by atoms with Crippen molar-refractivity contribution >= 4 is 34.6 Å². The van der Waals surface area contributed by atoms with E-state index >= 15 is 0 Å². The first-order valence-electron chi connectivity index (χ1n) is 5.70. The monoisotopic (exact) mass is 402 g/mol. The van der Waals surface area contributed by atoms with Crippen LogP contribution in [0.3, 0.4) is 0 Å². The van der Waals surface area contributed by atoms with Crippen molar-refractivity contribution in [3.63, 3.8) is 0 Å². The van der Waals surface area contributed by atoms with Gasteiger partial charge >= 0.3 is 5.69 Å². The van der Waals surface area contributed by atoms with Crippen LogP contribution in [-0.4, -0.2) is 29.1 Å². The molecule has 126 valence electrons. The van der Waals surface area contributed by atoms with Gasteiger partial charge in [-0.15, -0.1) is 0 Å². The van der Waals surface area contributed by atoms with Gasteiger partial charge in [0.2, 0.25) is 5.88 Å². The minimum atomic E-state index is -0.581. The van der Waals surface area contributed by atoms with Gasteiger partial charge in [0.05, 0.1) is 24.8 Å². The summed E-state index contributed by atoms with van der Waals surface area (Å²) in [7, 11) is 2.79. The van der Waals surface area contributed by atoms with E-state index in [1.807, 2.05) is 0 Å². The van der Waals surface area contributed by atoms with Crippen LogP contribution in [0.15, 0.2) is 24.3 Å². The Bertz CT molecular complexity index is 676. The topological polar surface area (TPSA) is 113 Å². The molecule has 8 nitrogen and oxygen atoms in total. The Morgan fingerprint density at radius 1 is 1.04 bits per heavy atom. The van der Waals surface area contributed by atoms with Crippen LogP contribution in [0.1, 0.15) is 0 Å². The van der Waals surface area contributed by atoms with E-state index < -0.39 is 4.92 Å². The van der Waals surface area contributed by atoms with E-state index in [-0.39, 0.29) is 33.8 Å². The van der Waals surface area contributed by atoms with Gasteiger partial charge < -0.3 is 15.2 Å². The summed E-state index contributed by atoms with van der Waals surface area (Å²) in [5, 5.41) is 10.9. The van der Waals surface area contributed by atoms with Crippen molar-refractivity contribution in [1.82, 2.24) is 9.97 Å². The molecule has 0 aliphatic rings. The number of nitrogens with zero attached hydrogens (tertiary/aromatic N) is 3. The Hall–Kier alpha value is -1.80. The van der Waals surface area contributed by atoms with Gasteiger partial charge in [-0.1, -0.05) is 23.2 Å². The van der Waals surface area contributed by atoms with Gasteiger partial charge in [0.1, 0.15) is 10.3 Å². The number of nitrogens with two attached hydrogens (primary N) is 1. The second-order valence-electron chi connectivity index (χ2n) is 3.65. The van der Waals surface area contributed by atoms with E-state index in [0.717, 1.165) is 0 Å². The Morgan fingerprint density at radius 3 is 1.96 bits per heavy atom. The molecule has 0 aliphatic carbocycles. The van der Waals surface area contributed by atoms with Crippen LogP contribution in [0.5, 0.6) is 11.8 Å². The summed E-state index contributed by atoms with van der Waals surface area (Å²) in [5.74, 6) is 0.292. The van der Waals surface area contributed by atoms with Crippen molar-refractivity contribution < 1.29 is 31.5 Å². The van der Waals surface area contributed by atoms with Crippen LogP contribution in [0, 0.1) is 10.1 Å². The third kappa shape index (κ3) is 6.45. The molecule has 0 radical (unpaired) electrons. The molecule has 2 aromatic rings. The van der Waals surface area contributed by atoms with Crippen LogP contribution >= 0.6 is 23.2 Å². The summed E-state index contributed by atoms with van der Waals surface area (Å²) in [6.45, 7) is 0. The predicted molar refractivity (Wildman–Crippen MR) is 82.7 cm³/mol. The maximum atomic E-state index is 10.3. The quantitative estimate of drug-likeness (QED) is 0.363. The van der Waals surface area contributed by atoms with Crippen molar-refractivity contribution in [1.29, 1.82) is 0 Å². The van der Waals surface area contributed by atoms with Gasteiger partial charge in [-0.05, 0) is 18.2 Å². The van der Waals surface area contributed by atoms with Gasteiger partial charge in [0.25, 0.3) is 5.88 Å². The fourth-order valence-corrected chi connectivity index (χ4v) is 1.57. The van der Waals surface area contributed by atoms with Crippen molar-refractivity contribution in [2.75, 3.05) is 20.0 Å². The number of nitro groups is 1. The molecule has 0 atom stereocenters. The summed E-state index contributed by atoms with van der Waals surface area (Å²) < 4.78 is 9.46. The molecule has 0 saturated carbocycles. The second kappa shape index (κ2) is 10.1. The molecule has 0 bridgehead atoms. The molecule has 2 aromatic heterocycles. The van der Waals surface area contributed by atoms with Crippen LogP contribution in [-0.2, 0) is 17.1 Å². The molecule has 0 aromatic carbocycles. The molecule has 2 N–H and O–H groups in total. The molecule has 23 heavy (non-hydrogen) atoms. The summed E-state index contributed by atoms with van der Waals surface area (Å²) in [6.07, 6.45) is 0. The first kappa shape index (κ1) is 21.2. The third-order valence-corrected chi connectivity index (χ3v) is 2.67. The van der Waals surface area contributed by atoms with Gasteiger partial charge in [0, 0.05) is 23.1 Å². The molecule has 0 fully saturated rings. The minimum Gasteiger partial charge on any atom is -0.479 e. The molecule has 0 aliphatic heterocycles. The minimum absolute atomic E-state index is 0. The average molecular weight is 403 g/mol. The third-order valence-electron chi connectivity index (χ3n) is 2.25. The van der Waals surface area contributed by atoms with Crippen LogP contribution in [0.25, 0.3) is 0 Å². The largest absolute Gasteiger partial charge is 0.479 e. The van der Waals surface area contributed by atoms with E-state index in [0.29, 0.717) is 16.7 Å². The summed E-state index contributed by atoms with van der Waals surface area (Å²) in [6, 6.07) is 5.84. The van der Waals surface area contributed by atoms with Gasteiger partial charge in [0.15, 0.2) is 0 Å². The van der Waals surface area contributed by atoms with E-state index in [1.165, 1.54) is 26.4 Å². The molecule has 0 amide bonds. The molecule has 0 spiro atoms. The fourth-order valence-electron chi connectivity index (χ4n) is 1.29. The van der Waals surface area contributed by atoms with Crippen molar-refractivity contribution in [2.24, 2.45) is 0 Å². The molecule has 11 heteroatoms. The number of pyridine rings is 2. The van der Waals surface area contributed by atoms with Crippen molar-refractivity contribution in [3.8, 4) is 11.8 Å². The Morgan fingerprint density at radius 2 is 1.52 bits per heavy atom. The Balaban J connectivity index is 0.000000409. The standard InChI is InChI=1S/C6H5ClN2O3.C6H7ClN2O.Fe/c1-12-6-4(9(10)11)2-3-5(7)8-6;1-10-6-4(8)2-3-5(7)9-6;/h2-3H,1H3;2-3H,8H2,1H3;. The van der Waals surface area contributed by atoms with Crippen LogP contribution < -0.4 is 15.2 Å². The first-order valence-corrected chi connectivity index (χ1v) is 6.45. The van der Waals surface area contributed by atoms with Gasteiger partial charge in [-0.25, -0.2) is 0 Å². The van der Waals surface area contributed by atoms with Crippen LogP contribution in [0.4, 0.5) is 11.4 Å². The number of methoxy groups -OCH3 is 2. The van der Waals surface area contributed by atoms with E-state index in [2.05, 4.69) is 14.7 Å².